The lowest BCUT2D eigenvalue weighted by atomic mass is 10.1. The number of aliphatic hydroxyl groups is 2. The maximum absolute atomic E-state index is 9.68. The van der Waals surface area contributed by atoms with E-state index in [1.54, 1.807) is 0 Å². The van der Waals surface area contributed by atoms with Crippen molar-refractivity contribution in [3.05, 3.63) is 24.3 Å². The van der Waals surface area contributed by atoms with Crippen molar-refractivity contribution >= 4 is 0 Å². The summed E-state index contributed by atoms with van der Waals surface area (Å²) in [6, 6.07) is 0. The molecule has 0 radical (unpaired) electrons. The quantitative estimate of drug-likeness (QED) is 0.535. The van der Waals surface area contributed by atoms with Gasteiger partial charge in [0.15, 0.2) is 0 Å². The van der Waals surface area contributed by atoms with Gasteiger partial charge in [-0.15, -0.1) is 13.2 Å². The van der Waals surface area contributed by atoms with E-state index >= 15 is 0 Å². The van der Waals surface area contributed by atoms with Crippen molar-refractivity contribution in [2.75, 3.05) is 13.2 Å². The van der Waals surface area contributed by atoms with Gasteiger partial charge in [0, 0.05) is 0 Å². The van der Waals surface area contributed by atoms with Gasteiger partial charge in [0.1, 0.15) is 0 Å². The van der Waals surface area contributed by atoms with Crippen LogP contribution in [0.25, 0.3) is 0 Å². The Balaban J connectivity index is 3.44. The highest BCUT2D eigenvalue weighted by Crippen LogP contribution is 2.09. The molecule has 0 saturated carbocycles. The Kier molecular flexibility index (Phi) is 10.8. The van der Waals surface area contributed by atoms with Crippen LogP contribution in [0, 0.1) is 0 Å². The van der Waals surface area contributed by atoms with Gasteiger partial charge in [-0.3, -0.25) is 0 Å². The van der Waals surface area contributed by atoms with Crippen molar-refractivity contribution in [3.8, 4) is 0 Å². The van der Waals surface area contributed by atoms with Crippen molar-refractivity contribution in [1.82, 2.24) is 0 Å². The van der Waals surface area contributed by atoms with Crippen LogP contribution in [0.3, 0.4) is 0 Å². The van der Waals surface area contributed by atoms with E-state index < -0.39 is 12.2 Å². The average molecular weight is 270 g/mol. The second kappa shape index (κ2) is 11.2. The zero-order valence-electron chi connectivity index (χ0n) is 12.5. The standard InChI is InChI=1S/C16H30O3/c1-13(2)7-5-9-15(17)11-19-12-16(18)10-6-8-14(3)4/h15-18H,1,3,5-12H2,2,4H3. The van der Waals surface area contributed by atoms with Gasteiger partial charge in [-0.05, 0) is 52.4 Å². The summed E-state index contributed by atoms with van der Waals surface area (Å²) in [4.78, 5) is 0. The Labute approximate surface area is 118 Å². The molecule has 3 nitrogen and oxygen atoms in total. The van der Waals surface area contributed by atoms with Gasteiger partial charge in [0.05, 0.1) is 25.4 Å². The van der Waals surface area contributed by atoms with E-state index in [1.165, 1.54) is 0 Å². The fourth-order valence-corrected chi connectivity index (χ4v) is 1.79. The first-order valence-electron chi connectivity index (χ1n) is 7.14. The van der Waals surface area contributed by atoms with Crippen molar-refractivity contribution in [3.63, 3.8) is 0 Å². The molecular formula is C16H30O3. The maximum atomic E-state index is 9.68. The predicted octanol–water partition coefficient (Wildman–Crippen LogP) is 3.22. The molecular weight excluding hydrogens is 240 g/mol. The van der Waals surface area contributed by atoms with E-state index in [9.17, 15) is 10.2 Å². The lowest BCUT2D eigenvalue weighted by Crippen LogP contribution is -2.21. The lowest BCUT2D eigenvalue weighted by molar-refractivity contribution is -0.0126. The van der Waals surface area contributed by atoms with E-state index in [0.717, 1.165) is 49.7 Å². The molecule has 0 rings (SSSR count). The van der Waals surface area contributed by atoms with Gasteiger partial charge < -0.3 is 14.9 Å². The normalized spacial score (nSPS) is 14.1. The molecule has 112 valence electrons. The second-order valence-corrected chi connectivity index (χ2v) is 5.54. The average Bonchev–Trinajstić information content (AvgIpc) is 2.27. The third-order valence-corrected chi connectivity index (χ3v) is 2.90. The molecule has 0 amide bonds. The molecule has 0 saturated heterocycles. The fourth-order valence-electron chi connectivity index (χ4n) is 1.79. The molecule has 0 fully saturated rings. The van der Waals surface area contributed by atoms with Gasteiger partial charge in [0.25, 0.3) is 0 Å². The van der Waals surface area contributed by atoms with Gasteiger partial charge in [-0.25, -0.2) is 0 Å². The Morgan fingerprint density at radius 2 is 1.26 bits per heavy atom. The molecule has 0 aliphatic rings. The molecule has 3 heteroatoms. The molecule has 0 aromatic carbocycles. The van der Waals surface area contributed by atoms with Crippen LogP contribution in [-0.4, -0.2) is 35.6 Å². The Morgan fingerprint density at radius 1 is 0.895 bits per heavy atom. The highest BCUT2D eigenvalue weighted by atomic mass is 16.5. The number of aliphatic hydroxyl groups excluding tert-OH is 2. The molecule has 2 atom stereocenters. The van der Waals surface area contributed by atoms with Crippen LogP contribution < -0.4 is 0 Å². The number of ether oxygens (including phenoxy) is 1. The first-order chi connectivity index (χ1) is 8.91. The molecule has 0 aromatic rings. The fraction of sp³-hybridized carbons (Fsp3) is 0.750. The molecule has 0 aliphatic heterocycles. The van der Waals surface area contributed by atoms with E-state index in [1.807, 2.05) is 13.8 Å². The molecule has 0 spiro atoms. The van der Waals surface area contributed by atoms with Crippen LogP contribution in [0.15, 0.2) is 24.3 Å². The molecule has 2 unspecified atom stereocenters. The second-order valence-electron chi connectivity index (χ2n) is 5.54. The summed E-state index contributed by atoms with van der Waals surface area (Å²) in [6.07, 6.45) is 4.31. The SMILES string of the molecule is C=C(C)CCCC(O)COCC(O)CCCC(=C)C. The summed E-state index contributed by atoms with van der Waals surface area (Å²) in [6.45, 7) is 12.2. The van der Waals surface area contributed by atoms with Crippen LogP contribution in [0.2, 0.25) is 0 Å². The molecule has 0 aromatic heterocycles. The van der Waals surface area contributed by atoms with Crippen molar-refractivity contribution in [2.24, 2.45) is 0 Å². The summed E-state index contributed by atoms with van der Waals surface area (Å²) in [7, 11) is 0. The summed E-state index contributed by atoms with van der Waals surface area (Å²) in [5.74, 6) is 0. The van der Waals surface area contributed by atoms with Gasteiger partial charge >= 0.3 is 0 Å². The molecule has 0 heterocycles. The first-order valence-corrected chi connectivity index (χ1v) is 7.14. The molecule has 0 bridgehead atoms. The third kappa shape index (κ3) is 13.6. The number of rotatable bonds is 12. The van der Waals surface area contributed by atoms with Gasteiger partial charge in [0.2, 0.25) is 0 Å². The molecule has 2 N–H and O–H groups in total. The highest BCUT2D eigenvalue weighted by molar-refractivity contribution is 4.88. The van der Waals surface area contributed by atoms with E-state index in [0.29, 0.717) is 13.2 Å². The third-order valence-electron chi connectivity index (χ3n) is 2.90. The van der Waals surface area contributed by atoms with Crippen molar-refractivity contribution < 1.29 is 14.9 Å². The lowest BCUT2D eigenvalue weighted by Gasteiger charge is -2.14. The smallest absolute Gasteiger partial charge is 0.0773 e. The Hall–Kier alpha value is -0.640. The zero-order valence-corrected chi connectivity index (χ0v) is 12.5. The monoisotopic (exact) mass is 270 g/mol. The van der Waals surface area contributed by atoms with Crippen LogP contribution in [-0.2, 0) is 4.74 Å². The summed E-state index contributed by atoms with van der Waals surface area (Å²) in [5, 5.41) is 19.4. The minimum atomic E-state index is -0.443. The molecule has 0 aliphatic carbocycles. The van der Waals surface area contributed by atoms with Crippen LogP contribution in [0.5, 0.6) is 0 Å². The summed E-state index contributed by atoms with van der Waals surface area (Å²) >= 11 is 0. The summed E-state index contributed by atoms with van der Waals surface area (Å²) in [5.41, 5.74) is 2.28. The Morgan fingerprint density at radius 3 is 1.58 bits per heavy atom. The highest BCUT2D eigenvalue weighted by Gasteiger charge is 2.08. The van der Waals surface area contributed by atoms with Crippen LogP contribution >= 0.6 is 0 Å². The summed E-state index contributed by atoms with van der Waals surface area (Å²) < 4.78 is 5.33. The van der Waals surface area contributed by atoms with E-state index in [4.69, 9.17) is 4.74 Å². The van der Waals surface area contributed by atoms with E-state index in [2.05, 4.69) is 13.2 Å². The van der Waals surface area contributed by atoms with Gasteiger partial charge in [-0.1, -0.05) is 11.1 Å². The van der Waals surface area contributed by atoms with Crippen molar-refractivity contribution in [2.45, 2.75) is 64.6 Å². The topological polar surface area (TPSA) is 49.7 Å². The number of hydrogen-bond donors (Lipinski definition) is 2. The minimum Gasteiger partial charge on any atom is -0.391 e. The largest absolute Gasteiger partial charge is 0.391 e. The number of hydrogen-bond acceptors (Lipinski definition) is 3. The number of allylic oxidation sites excluding steroid dienone is 2. The van der Waals surface area contributed by atoms with Gasteiger partial charge in [-0.2, -0.15) is 0 Å². The molecule has 19 heavy (non-hydrogen) atoms. The predicted molar refractivity (Wildman–Crippen MR) is 80.2 cm³/mol. The maximum Gasteiger partial charge on any atom is 0.0773 e. The van der Waals surface area contributed by atoms with E-state index in [-0.39, 0.29) is 0 Å². The van der Waals surface area contributed by atoms with Crippen LogP contribution in [0.1, 0.15) is 52.4 Å². The Bertz CT molecular complexity index is 235. The minimum absolute atomic E-state index is 0.299. The van der Waals surface area contributed by atoms with Crippen LogP contribution in [0.4, 0.5) is 0 Å². The van der Waals surface area contributed by atoms with Crippen molar-refractivity contribution in [1.29, 1.82) is 0 Å². The first kappa shape index (κ1) is 18.4. The zero-order chi connectivity index (χ0) is 14.7.